The molecule has 0 amide bonds. The fourth-order valence-electron chi connectivity index (χ4n) is 1.88. The Morgan fingerprint density at radius 2 is 2.25 bits per heavy atom. The molecule has 0 aromatic carbocycles. The summed E-state index contributed by atoms with van der Waals surface area (Å²) in [6, 6.07) is 3.63. The van der Waals surface area contributed by atoms with E-state index in [9.17, 15) is 4.79 Å². The quantitative estimate of drug-likeness (QED) is 0.660. The molecule has 80 valence electrons. The topological polar surface area (TPSA) is 63.0 Å². The van der Waals surface area contributed by atoms with Crippen molar-refractivity contribution in [2.24, 2.45) is 0 Å². The predicted molar refractivity (Wildman–Crippen MR) is 60.5 cm³/mol. The van der Waals surface area contributed by atoms with E-state index >= 15 is 0 Å². The number of rotatable bonds is 1. The number of aromatic amines is 1. The van der Waals surface area contributed by atoms with E-state index < -0.39 is 0 Å². The van der Waals surface area contributed by atoms with Crippen molar-refractivity contribution >= 4 is 16.8 Å². The first-order chi connectivity index (χ1) is 7.81. The third kappa shape index (κ3) is 1.08. The molecule has 0 aliphatic heterocycles. The van der Waals surface area contributed by atoms with Gasteiger partial charge in [0.05, 0.1) is 5.52 Å². The van der Waals surface area contributed by atoms with Gasteiger partial charge in [-0.15, -0.1) is 0 Å². The van der Waals surface area contributed by atoms with Crippen LogP contribution in [0.25, 0.3) is 16.8 Å². The van der Waals surface area contributed by atoms with Gasteiger partial charge in [-0.05, 0) is 18.6 Å². The minimum atomic E-state index is -0.180. The van der Waals surface area contributed by atoms with Crippen molar-refractivity contribution < 1.29 is 0 Å². The number of H-pyrrole nitrogens is 1. The average molecular weight is 214 g/mol. The van der Waals surface area contributed by atoms with Gasteiger partial charge in [0.1, 0.15) is 0 Å². The molecular formula is C11H10N4O. The van der Waals surface area contributed by atoms with Crippen LogP contribution in [0, 0.1) is 0 Å². The molecule has 0 saturated carbocycles. The zero-order valence-electron chi connectivity index (χ0n) is 8.77. The molecule has 3 rings (SSSR count). The standard InChI is InChI=1S/C11H10N4O/c1-2-7-6-13-10-11(16)14-8-4-3-5-12-9(8)15(7)10/h3-6H,2H2,1H3,(H,14,16). The van der Waals surface area contributed by atoms with Gasteiger partial charge in [0.15, 0.2) is 5.65 Å². The number of aryl methyl sites for hydroxylation is 1. The van der Waals surface area contributed by atoms with Gasteiger partial charge in [0.25, 0.3) is 5.56 Å². The molecule has 3 aromatic heterocycles. The van der Waals surface area contributed by atoms with Crippen molar-refractivity contribution in [3.05, 3.63) is 40.6 Å². The average Bonchev–Trinajstić information content (AvgIpc) is 2.74. The number of pyridine rings is 1. The van der Waals surface area contributed by atoms with Gasteiger partial charge < -0.3 is 4.98 Å². The van der Waals surface area contributed by atoms with Gasteiger partial charge in [0, 0.05) is 18.1 Å². The Bertz CT molecular complexity index is 726. The zero-order valence-corrected chi connectivity index (χ0v) is 8.77. The summed E-state index contributed by atoms with van der Waals surface area (Å²) in [5.74, 6) is 0. The van der Waals surface area contributed by atoms with Gasteiger partial charge >= 0.3 is 0 Å². The van der Waals surface area contributed by atoms with E-state index in [4.69, 9.17) is 0 Å². The van der Waals surface area contributed by atoms with Crippen molar-refractivity contribution in [1.82, 2.24) is 19.4 Å². The number of nitrogens with one attached hydrogen (secondary N) is 1. The Morgan fingerprint density at radius 1 is 1.38 bits per heavy atom. The molecule has 0 aliphatic carbocycles. The van der Waals surface area contributed by atoms with E-state index in [0.717, 1.165) is 23.3 Å². The summed E-state index contributed by atoms with van der Waals surface area (Å²) in [6.45, 7) is 2.03. The van der Waals surface area contributed by atoms with Gasteiger partial charge in [-0.2, -0.15) is 0 Å². The fourth-order valence-corrected chi connectivity index (χ4v) is 1.88. The van der Waals surface area contributed by atoms with E-state index in [-0.39, 0.29) is 5.56 Å². The molecule has 16 heavy (non-hydrogen) atoms. The normalized spacial score (nSPS) is 11.3. The molecular weight excluding hydrogens is 204 g/mol. The molecule has 0 radical (unpaired) electrons. The Hall–Kier alpha value is -2.17. The molecule has 0 fully saturated rings. The second-order valence-electron chi connectivity index (χ2n) is 3.59. The number of nitrogens with zero attached hydrogens (tertiary/aromatic N) is 3. The molecule has 3 aromatic rings. The van der Waals surface area contributed by atoms with E-state index in [1.807, 2.05) is 17.4 Å². The molecule has 5 nitrogen and oxygen atoms in total. The van der Waals surface area contributed by atoms with Crippen LogP contribution in [0.1, 0.15) is 12.6 Å². The Labute approximate surface area is 90.8 Å². The smallest absolute Gasteiger partial charge is 0.292 e. The van der Waals surface area contributed by atoms with Crippen LogP contribution in [0.2, 0.25) is 0 Å². The number of fused-ring (bicyclic) bond motifs is 3. The molecule has 3 heterocycles. The lowest BCUT2D eigenvalue weighted by Crippen LogP contribution is -2.12. The van der Waals surface area contributed by atoms with Crippen LogP contribution in [-0.2, 0) is 6.42 Å². The number of imidazole rings is 1. The highest BCUT2D eigenvalue weighted by Gasteiger charge is 2.09. The van der Waals surface area contributed by atoms with Crippen molar-refractivity contribution in [1.29, 1.82) is 0 Å². The summed E-state index contributed by atoms with van der Waals surface area (Å²) in [4.78, 5) is 22.9. The summed E-state index contributed by atoms with van der Waals surface area (Å²) < 4.78 is 1.81. The van der Waals surface area contributed by atoms with Crippen LogP contribution in [-0.4, -0.2) is 19.4 Å². The largest absolute Gasteiger partial charge is 0.316 e. The summed E-state index contributed by atoms with van der Waals surface area (Å²) in [5, 5.41) is 0. The highest BCUT2D eigenvalue weighted by atomic mass is 16.1. The SMILES string of the molecule is CCc1cnc2c(=O)[nH]c3cccnc3n12. The Morgan fingerprint density at radius 3 is 3.06 bits per heavy atom. The van der Waals surface area contributed by atoms with E-state index in [1.165, 1.54) is 0 Å². The summed E-state index contributed by atoms with van der Waals surface area (Å²) in [6.07, 6.45) is 4.24. The first-order valence-corrected chi connectivity index (χ1v) is 5.14. The van der Waals surface area contributed by atoms with Crippen LogP contribution < -0.4 is 5.56 Å². The molecule has 1 N–H and O–H groups in total. The van der Waals surface area contributed by atoms with Crippen molar-refractivity contribution in [3.8, 4) is 0 Å². The van der Waals surface area contributed by atoms with Crippen molar-refractivity contribution in [2.45, 2.75) is 13.3 Å². The minimum absolute atomic E-state index is 0.180. The number of hydrogen-bond acceptors (Lipinski definition) is 3. The molecule has 0 unspecified atom stereocenters. The maximum Gasteiger partial charge on any atom is 0.292 e. The molecule has 0 saturated heterocycles. The zero-order chi connectivity index (χ0) is 11.1. The Balaban J connectivity index is 2.65. The van der Waals surface area contributed by atoms with Crippen LogP contribution in [0.4, 0.5) is 0 Å². The molecule has 0 atom stereocenters. The fraction of sp³-hybridized carbons (Fsp3) is 0.182. The van der Waals surface area contributed by atoms with Gasteiger partial charge in [-0.3, -0.25) is 9.20 Å². The minimum Gasteiger partial charge on any atom is -0.316 e. The first kappa shape index (κ1) is 9.08. The maximum atomic E-state index is 11.8. The van der Waals surface area contributed by atoms with Crippen LogP contribution in [0.15, 0.2) is 29.3 Å². The van der Waals surface area contributed by atoms with Gasteiger partial charge in [-0.25, -0.2) is 9.97 Å². The third-order valence-electron chi connectivity index (χ3n) is 2.65. The van der Waals surface area contributed by atoms with Crippen LogP contribution >= 0.6 is 0 Å². The molecule has 0 bridgehead atoms. The summed E-state index contributed by atoms with van der Waals surface area (Å²) in [5.41, 5.74) is 2.69. The second-order valence-corrected chi connectivity index (χ2v) is 3.59. The van der Waals surface area contributed by atoms with E-state index in [1.54, 1.807) is 18.5 Å². The first-order valence-electron chi connectivity index (χ1n) is 5.14. The molecule has 0 aliphatic rings. The highest BCUT2D eigenvalue weighted by Crippen LogP contribution is 2.11. The molecule has 0 spiro atoms. The van der Waals surface area contributed by atoms with Gasteiger partial charge in [-0.1, -0.05) is 6.92 Å². The predicted octanol–water partition coefficient (Wildman–Crippen LogP) is 1.13. The highest BCUT2D eigenvalue weighted by molar-refractivity contribution is 5.73. The lowest BCUT2D eigenvalue weighted by molar-refractivity contribution is 0.995. The Kier molecular flexibility index (Phi) is 1.80. The second kappa shape index (κ2) is 3.16. The summed E-state index contributed by atoms with van der Waals surface area (Å²) >= 11 is 0. The lowest BCUT2D eigenvalue weighted by atomic mass is 10.3. The summed E-state index contributed by atoms with van der Waals surface area (Å²) in [7, 11) is 0. The van der Waals surface area contributed by atoms with Crippen LogP contribution in [0.5, 0.6) is 0 Å². The monoisotopic (exact) mass is 214 g/mol. The van der Waals surface area contributed by atoms with Crippen LogP contribution in [0.3, 0.4) is 0 Å². The maximum absolute atomic E-state index is 11.8. The van der Waals surface area contributed by atoms with Crippen molar-refractivity contribution in [3.63, 3.8) is 0 Å². The third-order valence-corrected chi connectivity index (χ3v) is 2.65. The van der Waals surface area contributed by atoms with E-state index in [2.05, 4.69) is 15.0 Å². The number of aromatic nitrogens is 4. The van der Waals surface area contributed by atoms with E-state index in [0.29, 0.717) is 5.65 Å². The number of hydrogen-bond donors (Lipinski definition) is 1. The van der Waals surface area contributed by atoms with Crippen molar-refractivity contribution in [2.75, 3.05) is 0 Å². The molecule has 5 heteroatoms. The lowest BCUT2D eigenvalue weighted by Gasteiger charge is -2.02. The van der Waals surface area contributed by atoms with Gasteiger partial charge in [0.2, 0.25) is 5.65 Å².